The van der Waals surface area contributed by atoms with Crippen molar-refractivity contribution in [1.82, 2.24) is 38.6 Å². The van der Waals surface area contributed by atoms with E-state index in [1.807, 2.05) is 132 Å². The van der Waals surface area contributed by atoms with E-state index in [0.717, 1.165) is 47.4 Å². The minimum absolute atomic E-state index is 0.381. The number of rotatable bonds is 15. The summed E-state index contributed by atoms with van der Waals surface area (Å²) in [5, 5.41) is 30.6. The first-order chi connectivity index (χ1) is 25.9. The van der Waals surface area contributed by atoms with E-state index in [1.165, 1.54) is 0 Å². The van der Waals surface area contributed by atoms with Crippen LogP contribution in [0, 0.1) is 0 Å². The molecule has 17 nitrogen and oxygen atoms in total. The average molecular weight is 709 g/mol. The molecule has 7 aromatic rings. The maximum absolute atomic E-state index is 4.66. The quantitative estimate of drug-likeness (QED) is 0.0476. The molecule has 0 aliphatic rings. The second-order valence-electron chi connectivity index (χ2n) is 12.0. The van der Waals surface area contributed by atoms with Crippen LogP contribution in [0.2, 0.25) is 0 Å². The molecule has 4 N–H and O–H groups in total. The number of aromatic nitrogens is 9. The van der Waals surface area contributed by atoms with E-state index < -0.39 is 0 Å². The topological polar surface area (TPSA) is 181 Å². The number of nitrogens with zero attached hydrogens (tertiary/aromatic N) is 13. The van der Waals surface area contributed by atoms with Crippen LogP contribution in [0.5, 0.6) is 0 Å². The highest BCUT2D eigenvalue weighted by Gasteiger charge is 2.11. The van der Waals surface area contributed by atoms with Gasteiger partial charge in [0.1, 0.15) is 5.69 Å². The lowest BCUT2D eigenvalue weighted by Gasteiger charge is -2.12. The monoisotopic (exact) mass is 708 g/mol. The minimum atomic E-state index is 0.381. The zero-order valence-corrected chi connectivity index (χ0v) is 29.4. The summed E-state index contributed by atoms with van der Waals surface area (Å²) in [7, 11) is 5.73. The molecule has 266 valence electrons. The molecule has 4 aromatic heterocycles. The van der Waals surface area contributed by atoms with Gasteiger partial charge in [-0.05, 0) is 79.2 Å². The third-order valence-corrected chi connectivity index (χ3v) is 7.94. The Morgan fingerprint density at radius 1 is 0.623 bits per heavy atom. The molecule has 3 aromatic carbocycles. The van der Waals surface area contributed by atoms with Gasteiger partial charge in [0.15, 0.2) is 0 Å². The van der Waals surface area contributed by atoms with Crippen LogP contribution in [-0.2, 0) is 27.7 Å². The van der Waals surface area contributed by atoms with Crippen molar-refractivity contribution in [2.24, 2.45) is 41.6 Å². The zero-order valence-electron chi connectivity index (χ0n) is 29.4. The van der Waals surface area contributed by atoms with Gasteiger partial charge >= 0.3 is 5.95 Å². The van der Waals surface area contributed by atoms with Crippen molar-refractivity contribution >= 4 is 63.9 Å². The first-order valence-corrected chi connectivity index (χ1v) is 16.8. The summed E-state index contributed by atoms with van der Waals surface area (Å²) in [5.74, 6) is 2.49. The van der Waals surface area contributed by atoms with E-state index in [9.17, 15) is 0 Å². The summed E-state index contributed by atoms with van der Waals surface area (Å²) in [6.45, 7) is 1.48. The Balaban J connectivity index is 1.01. The molecule has 17 heteroatoms. The molecule has 7 rings (SSSR count). The molecule has 0 atom stereocenters. The van der Waals surface area contributed by atoms with Gasteiger partial charge in [0.2, 0.25) is 23.8 Å². The predicted molar refractivity (Wildman–Crippen MR) is 202 cm³/mol. The zero-order chi connectivity index (χ0) is 36.4. The van der Waals surface area contributed by atoms with Gasteiger partial charge in [-0.2, -0.15) is 15.0 Å². The highest BCUT2D eigenvalue weighted by Crippen LogP contribution is 2.25. The van der Waals surface area contributed by atoms with Gasteiger partial charge in [-0.25, -0.2) is 19.1 Å². The van der Waals surface area contributed by atoms with Gasteiger partial charge in [0.25, 0.3) is 0 Å². The Labute approximate surface area is 305 Å². The maximum Gasteiger partial charge on any atom is 0.421 e. The number of aryl methyl sites for hydroxylation is 4. The van der Waals surface area contributed by atoms with Crippen LogP contribution in [0.25, 0.3) is 0 Å². The van der Waals surface area contributed by atoms with E-state index in [0.29, 0.717) is 36.0 Å². The first kappa shape index (κ1) is 34.2. The number of benzene rings is 3. The lowest BCUT2D eigenvalue weighted by atomic mass is 10.2. The van der Waals surface area contributed by atoms with E-state index >= 15 is 0 Å². The molecule has 53 heavy (non-hydrogen) atoms. The van der Waals surface area contributed by atoms with Crippen LogP contribution in [0.15, 0.2) is 137 Å². The van der Waals surface area contributed by atoms with E-state index in [2.05, 4.69) is 66.6 Å². The Morgan fingerprint density at radius 2 is 1.21 bits per heavy atom. The van der Waals surface area contributed by atoms with Crippen LogP contribution in [0.4, 0.5) is 63.9 Å². The molecule has 0 spiro atoms. The third kappa shape index (κ3) is 9.28. The van der Waals surface area contributed by atoms with Crippen molar-refractivity contribution in [3.63, 3.8) is 0 Å². The summed E-state index contributed by atoms with van der Waals surface area (Å²) in [5.41, 5.74) is 4.87. The summed E-state index contributed by atoms with van der Waals surface area (Å²) in [4.78, 5) is 22.2. The fraction of sp³-hybridized carbons (Fsp3) is 0.167. The molecule has 0 aliphatic carbocycles. The second kappa shape index (κ2) is 16.2. The summed E-state index contributed by atoms with van der Waals surface area (Å²) >= 11 is 0. The summed E-state index contributed by atoms with van der Waals surface area (Å²) < 4.78 is 7.64. The van der Waals surface area contributed by atoms with Crippen LogP contribution < -0.4 is 25.8 Å². The smallest absolute Gasteiger partial charge is 0.356 e. The molecule has 0 unspecified atom stereocenters. The molecule has 0 saturated carbocycles. The Hall–Kier alpha value is -7.30. The Bertz CT molecular complexity index is 2270. The molecule has 0 aliphatic heterocycles. The van der Waals surface area contributed by atoms with E-state index in [4.69, 9.17) is 0 Å². The summed E-state index contributed by atoms with van der Waals surface area (Å²) in [6.07, 6.45) is 13.7. The van der Waals surface area contributed by atoms with Gasteiger partial charge in [-0.15, -0.1) is 10.2 Å². The van der Waals surface area contributed by atoms with Crippen molar-refractivity contribution in [3.8, 4) is 0 Å². The van der Waals surface area contributed by atoms with Gasteiger partial charge in [-0.1, -0.05) is 5.11 Å². The van der Waals surface area contributed by atoms with Crippen molar-refractivity contribution < 1.29 is 4.57 Å². The summed E-state index contributed by atoms with van der Waals surface area (Å²) in [6, 6.07) is 23.1. The molecule has 0 fully saturated rings. The highest BCUT2D eigenvalue weighted by molar-refractivity contribution is 5.66. The third-order valence-electron chi connectivity index (χ3n) is 7.94. The van der Waals surface area contributed by atoms with Gasteiger partial charge < -0.3 is 30.4 Å². The molecule has 0 amide bonds. The lowest BCUT2D eigenvalue weighted by molar-refractivity contribution is -0.657. The van der Waals surface area contributed by atoms with Crippen molar-refractivity contribution in [3.05, 3.63) is 116 Å². The molecule has 0 bridgehead atoms. The Kier molecular flexibility index (Phi) is 10.4. The molecule has 0 saturated heterocycles. The standard InChI is InChI=1S/C36H37N17/c1-50-21-19-39-35(50)48-46-30-13-9-27(10-14-30)40-26-5-7-28(8-6-26)41-33-43-32(38-17-4-20-53-22-18-37-25-53)44-34(45-33)42-29-11-15-31(16-12-29)47-49-36-51(2)23-24-52(36)3/h5-16,18-19,21-25H,4,17,20H2,1-3H3,(H3,38,39,40,41,42,43,44,45,46,47,48)/p+1. The lowest BCUT2D eigenvalue weighted by Crippen LogP contribution is -2.25. The maximum atomic E-state index is 4.66. The average Bonchev–Trinajstić information content (AvgIpc) is 3.92. The normalized spacial score (nSPS) is 11.4. The molecular formula is C36H38N17+. The fourth-order valence-corrected chi connectivity index (χ4v) is 5.11. The number of anilines is 7. The number of azo groups is 2. The highest BCUT2D eigenvalue weighted by atomic mass is 15.3. The van der Waals surface area contributed by atoms with Crippen molar-refractivity contribution in [2.75, 3.05) is 27.8 Å². The van der Waals surface area contributed by atoms with E-state index in [-0.39, 0.29) is 0 Å². The largest absolute Gasteiger partial charge is 0.421 e. The van der Waals surface area contributed by atoms with Gasteiger partial charge in [0.05, 0.1) is 38.5 Å². The predicted octanol–water partition coefficient (Wildman–Crippen LogP) is 7.53. The fourth-order valence-electron chi connectivity index (χ4n) is 5.11. The number of nitrogens with one attached hydrogen (secondary N) is 4. The van der Waals surface area contributed by atoms with Gasteiger partial charge in [-0.3, -0.25) is 0 Å². The van der Waals surface area contributed by atoms with Crippen molar-refractivity contribution in [2.45, 2.75) is 13.0 Å². The van der Waals surface area contributed by atoms with Crippen LogP contribution in [0.1, 0.15) is 6.42 Å². The van der Waals surface area contributed by atoms with Crippen molar-refractivity contribution in [1.29, 1.82) is 0 Å². The number of hydrogen-bond acceptors (Lipinski definition) is 13. The SMILES string of the molecule is Cn1ccnc1N=Nc1ccc(Nc2ccc(Nc3nc(NCCCn4ccnc4)nc(Nc4ccc(N=Nc5n(C)cc[n+]5C)cc4)n3)cc2)cc1. The minimum Gasteiger partial charge on any atom is -0.356 e. The molecule has 0 radical (unpaired) electrons. The number of imidazole rings is 3. The first-order valence-electron chi connectivity index (χ1n) is 16.8. The second-order valence-corrected chi connectivity index (χ2v) is 12.0. The number of hydrogen-bond donors (Lipinski definition) is 4. The van der Waals surface area contributed by atoms with Crippen LogP contribution in [0.3, 0.4) is 0 Å². The Morgan fingerprint density at radius 3 is 1.75 bits per heavy atom. The van der Waals surface area contributed by atoms with E-state index in [1.54, 1.807) is 23.3 Å². The van der Waals surface area contributed by atoms with Crippen LogP contribution in [-0.4, -0.2) is 45.2 Å². The molecular weight excluding hydrogens is 671 g/mol. The van der Waals surface area contributed by atoms with Gasteiger partial charge in [0, 0.05) is 72.8 Å². The van der Waals surface area contributed by atoms with Crippen LogP contribution >= 0.6 is 0 Å². The molecule has 4 heterocycles.